The first-order valence-corrected chi connectivity index (χ1v) is 13.5. The van der Waals surface area contributed by atoms with E-state index < -0.39 is 0 Å². The van der Waals surface area contributed by atoms with Crippen LogP contribution < -0.4 is 4.74 Å². The number of aromatic nitrogens is 4. The van der Waals surface area contributed by atoms with Crippen molar-refractivity contribution in [1.29, 1.82) is 0 Å². The number of benzene rings is 1. The second-order valence-electron chi connectivity index (χ2n) is 10.5. The zero-order chi connectivity index (χ0) is 26.8. The van der Waals surface area contributed by atoms with Gasteiger partial charge in [0.05, 0.1) is 18.8 Å². The highest BCUT2D eigenvalue weighted by atomic mass is 16.5. The minimum Gasteiger partial charge on any atom is -0.480 e. The Kier molecular flexibility index (Phi) is 7.72. The van der Waals surface area contributed by atoms with Crippen LogP contribution in [-0.4, -0.2) is 81.7 Å². The van der Waals surface area contributed by atoms with Gasteiger partial charge in [-0.3, -0.25) is 14.4 Å². The first-order chi connectivity index (χ1) is 18.4. The maximum atomic E-state index is 13.5. The van der Waals surface area contributed by atoms with Gasteiger partial charge in [-0.25, -0.2) is 9.97 Å². The summed E-state index contributed by atoms with van der Waals surface area (Å²) in [5.74, 6) is 1.65. The Morgan fingerprint density at radius 3 is 2.66 bits per heavy atom. The standard InChI is InChI=1S/C30H38N6O2/c1-6-26(36-14-12-34(3)13-15-36)27(37)16-21-8-7-9-24-23(21)10-11-25(24)29-20(2)18-31-28(32-29)17-22-19-35(4)33-30(22)38-5/h7-9,11,18-19,26H,6,10,12-17H2,1-5H3/t26-/m1/s1. The zero-order valence-electron chi connectivity index (χ0n) is 23.2. The van der Waals surface area contributed by atoms with Gasteiger partial charge in [0.1, 0.15) is 5.82 Å². The fourth-order valence-electron chi connectivity index (χ4n) is 5.78. The van der Waals surface area contributed by atoms with Gasteiger partial charge in [0.25, 0.3) is 0 Å². The number of aryl methyl sites for hydroxylation is 2. The summed E-state index contributed by atoms with van der Waals surface area (Å²) >= 11 is 0. The Morgan fingerprint density at radius 2 is 1.92 bits per heavy atom. The summed E-state index contributed by atoms with van der Waals surface area (Å²) in [5.41, 5.74) is 7.63. The molecule has 0 N–H and O–H groups in total. The number of allylic oxidation sites excluding steroid dienone is 1. The Morgan fingerprint density at radius 1 is 1.13 bits per heavy atom. The van der Waals surface area contributed by atoms with Gasteiger partial charge >= 0.3 is 0 Å². The molecular formula is C30H38N6O2. The van der Waals surface area contributed by atoms with Crippen molar-refractivity contribution in [3.63, 3.8) is 0 Å². The second kappa shape index (κ2) is 11.2. The molecule has 1 fully saturated rings. The number of ether oxygens (including phenoxy) is 1. The summed E-state index contributed by atoms with van der Waals surface area (Å²) in [6.45, 7) is 8.14. The van der Waals surface area contributed by atoms with Crippen LogP contribution in [0.1, 0.15) is 52.7 Å². The molecule has 3 heterocycles. The van der Waals surface area contributed by atoms with Gasteiger partial charge in [0.2, 0.25) is 5.88 Å². The summed E-state index contributed by atoms with van der Waals surface area (Å²) in [5, 5.41) is 4.35. The molecule has 1 aromatic carbocycles. The highest BCUT2D eigenvalue weighted by molar-refractivity contribution is 5.89. The average molecular weight is 515 g/mol. The van der Waals surface area contributed by atoms with Gasteiger partial charge in [-0.05, 0) is 49.1 Å². The summed E-state index contributed by atoms with van der Waals surface area (Å²) in [6.07, 6.45) is 8.78. The van der Waals surface area contributed by atoms with Crippen LogP contribution in [0.5, 0.6) is 5.88 Å². The minimum atomic E-state index is -0.00970. The van der Waals surface area contributed by atoms with Crippen molar-refractivity contribution in [2.75, 3.05) is 40.3 Å². The highest BCUT2D eigenvalue weighted by Gasteiger charge is 2.28. The Bertz CT molecular complexity index is 1350. The first-order valence-electron chi connectivity index (χ1n) is 13.5. The van der Waals surface area contributed by atoms with E-state index in [4.69, 9.17) is 9.72 Å². The van der Waals surface area contributed by atoms with Crippen LogP contribution >= 0.6 is 0 Å². The first kappa shape index (κ1) is 26.3. The second-order valence-corrected chi connectivity index (χ2v) is 10.5. The Hall–Kier alpha value is -3.36. The zero-order valence-corrected chi connectivity index (χ0v) is 23.2. The molecule has 0 amide bonds. The predicted octanol–water partition coefficient (Wildman–Crippen LogP) is 3.24. The van der Waals surface area contributed by atoms with E-state index in [2.05, 4.69) is 65.1 Å². The van der Waals surface area contributed by atoms with Crippen molar-refractivity contribution >= 4 is 11.4 Å². The van der Waals surface area contributed by atoms with Gasteiger partial charge in [0, 0.05) is 69.6 Å². The molecule has 0 bridgehead atoms. The lowest BCUT2D eigenvalue weighted by molar-refractivity contribution is -0.124. The summed E-state index contributed by atoms with van der Waals surface area (Å²) in [7, 11) is 5.66. The van der Waals surface area contributed by atoms with Crippen molar-refractivity contribution in [3.05, 3.63) is 76.0 Å². The quantitative estimate of drug-likeness (QED) is 0.434. The van der Waals surface area contributed by atoms with Gasteiger partial charge in [-0.2, -0.15) is 0 Å². The van der Waals surface area contributed by atoms with Crippen molar-refractivity contribution < 1.29 is 9.53 Å². The molecule has 5 rings (SSSR count). The lowest BCUT2D eigenvalue weighted by Gasteiger charge is -2.37. The van der Waals surface area contributed by atoms with Crippen LogP contribution in [0.15, 0.2) is 36.7 Å². The molecule has 1 aliphatic heterocycles. The summed E-state index contributed by atoms with van der Waals surface area (Å²) in [4.78, 5) is 27.8. The fraction of sp³-hybridized carbons (Fsp3) is 0.467. The van der Waals surface area contributed by atoms with Crippen LogP contribution in [0.3, 0.4) is 0 Å². The monoisotopic (exact) mass is 514 g/mol. The van der Waals surface area contributed by atoms with E-state index in [0.29, 0.717) is 24.5 Å². The van der Waals surface area contributed by atoms with Crippen molar-refractivity contribution in [1.82, 2.24) is 29.5 Å². The molecule has 0 saturated carbocycles. The molecule has 0 spiro atoms. The highest BCUT2D eigenvalue weighted by Crippen LogP contribution is 2.35. The molecule has 0 radical (unpaired) electrons. The van der Waals surface area contributed by atoms with E-state index >= 15 is 0 Å². The molecule has 2 aliphatic rings. The molecule has 8 heteroatoms. The SMILES string of the molecule is CC[C@H](C(=O)Cc1cccc2c1CC=C2c1nc(Cc2cn(C)nc2OC)ncc1C)N1CCN(C)CC1. The molecular weight excluding hydrogens is 476 g/mol. The number of likely N-dealkylation sites (N-methyl/N-ethyl adjacent to an activating group) is 1. The third kappa shape index (κ3) is 5.28. The average Bonchev–Trinajstić information content (AvgIpc) is 3.50. The fourth-order valence-corrected chi connectivity index (χ4v) is 5.78. The summed E-state index contributed by atoms with van der Waals surface area (Å²) in [6, 6.07) is 6.35. The van der Waals surface area contributed by atoms with Gasteiger partial charge in [0.15, 0.2) is 5.78 Å². The maximum Gasteiger partial charge on any atom is 0.236 e. The van der Waals surface area contributed by atoms with Gasteiger partial charge in [-0.1, -0.05) is 31.2 Å². The van der Waals surface area contributed by atoms with E-state index in [1.54, 1.807) is 11.8 Å². The Balaban J connectivity index is 1.37. The van der Waals surface area contributed by atoms with Crippen LogP contribution in [-0.2, 0) is 31.1 Å². The predicted molar refractivity (Wildman–Crippen MR) is 148 cm³/mol. The van der Waals surface area contributed by atoms with Crippen LogP contribution in [0, 0.1) is 6.92 Å². The van der Waals surface area contributed by atoms with Crippen LogP contribution in [0.25, 0.3) is 5.57 Å². The molecule has 38 heavy (non-hydrogen) atoms. The number of fused-ring (bicyclic) bond motifs is 1. The van der Waals surface area contributed by atoms with E-state index in [1.165, 1.54) is 11.1 Å². The van der Waals surface area contributed by atoms with Gasteiger partial charge < -0.3 is 9.64 Å². The third-order valence-corrected chi connectivity index (χ3v) is 7.86. The number of methoxy groups -OCH3 is 1. The van der Waals surface area contributed by atoms with E-state index in [9.17, 15) is 4.79 Å². The molecule has 8 nitrogen and oxygen atoms in total. The largest absolute Gasteiger partial charge is 0.480 e. The number of nitrogens with zero attached hydrogens (tertiary/aromatic N) is 6. The van der Waals surface area contributed by atoms with Crippen molar-refractivity contribution in [3.8, 4) is 5.88 Å². The van der Waals surface area contributed by atoms with Crippen molar-refractivity contribution in [2.24, 2.45) is 7.05 Å². The van der Waals surface area contributed by atoms with Crippen LogP contribution in [0.4, 0.5) is 0 Å². The van der Waals surface area contributed by atoms with E-state index in [-0.39, 0.29) is 6.04 Å². The number of ketones is 1. The molecule has 2 aromatic heterocycles. The van der Waals surface area contributed by atoms with Crippen molar-refractivity contribution in [2.45, 2.75) is 45.6 Å². The number of carbonyl (C=O) groups excluding carboxylic acids is 1. The van der Waals surface area contributed by atoms with E-state index in [1.807, 2.05) is 19.4 Å². The van der Waals surface area contributed by atoms with Gasteiger partial charge in [-0.15, -0.1) is 5.10 Å². The Labute approximate surface area is 225 Å². The topological polar surface area (TPSA) is 76.4 Å². The molecule has 0 unspecified atom stereocenters. The van der Waals surface area contributed by atoms with E-state index in [0.717, 1.165) is 72.8 Å². The number of carbonyl (C=O) groups is 1. The number of hydrogen-bond acceptors (Lipinski definition) is 7. The molecule has 3 aromatic rings. The molecule has 1 saturated heterocycles. The minimum absolute atomic E-state index is 0.00970. The smallest absolute Gasteiger partial charge is 0.236 e. The number of piperazine rings is 1. The number of rotatable bonds is 9. The number of hydrogen-bond donors (Lipinski definition) is 0. The normalized spacial score (nSPS) is 16.8. The third-order valence-electron chi connectivity index (χ3n) is 7.86. The molecule has 1 aliphatic carbocycles. The molecule has 200 valence electrons. The maximum absolute atomic E-state index is 13.5. The lowest BCUT2D eigenvalue weighted by atomic mass is 9.92. The molecule has 1 atom stereocenters. The summed E-state index contributed by atoms with van der Waals surface area (Å²) < 4.78 is 7.16. The number of Topliss-reactive ketones (excluding diaryl/α,β-unsaturated/α-hetero) is 1. The van der Waals surface area contributed by atoms with Crippen LogP contribution in [0.2, 0.25) is 0 Å². The lowest BCUT2D eigenvalue weighted by Crippen LogP contribution is -2.51.